The summed E-state index contributed by atoms with van der Waals surface area (Å²) in [5.41, 5.74) is 0. The van der Waals surface area contributed by atoms with Crippen molar-refractivity contribution < 1.29 is 25.5 Å². The molecule has 0 saturated carbocycles. The maximum Gasteiger partial charge on any atom is 0.0771 e. The maximum absolute atomic E-state index is 8.75. The molecule has 0 heterocycles. The Bertz CT molecular complexity index is 131. The minimum Gasteiger partial charge on any atom is -0.396 e. The summed E-state index contributed by atoms with van der Waals surface area (Å²) in [6, 6.07) is 0. The molecule has 3 atom stereocenters. The zero-order valence-electron chi connectivity index (χ0n) is 10.9. The molecule has 3 unspecified atom stereocenters. The first-order valence-electron chi connectivity index (χ1n) is 6.19. The molecule has 5 nitrogen and oxygen atoms in total. The summed E-state index contributed by atoms with van der Waals surface area (Å²) < 4.78 is 0. The molecule has 0 aromatic rings. The smallest absolute Gasteiger partial charge is 0.0771 e. The third-order valence-corrected chi connectivity index (χ3v) is 2.16. The van der Waals surface area contributed by atoms with Crippen LogP contribution >= 0.6 is 0 Å². The van der Waals surface area contributed by atoms with Gasteiger partial charge in [-0.3, -0.25) is 0 Å². The van der Waals surface area contributed by atoms with Crippen molar-refractivity contribution in [3.05, 3.63) is 0 Å². The van der Waals surface area contributed by atoms with E-state index in [1.807, 2.05) is 0 Å². The highest BCUT2D eigenvalue weighted by atomic mass is 16.3. The Morgan fingerprint density at radius 3 is 1.53 bits per heavy atom. The minimum absolute atomic E-state index is 0.165. The van der Waals surface area contributed by atoms with Crippen LogP contribution in [0.5, 0.6) is 0 Å². The number of unbranched alkanes of at least 4 members (excludes halogenated alkanes) is 1. The van der Waals surface area contributed by atoms with Crippen molar-refractivity contribution in [1.29, 1.82) is 0 Å². The quantitative estimate of drug-likeness (QED) is 0.392. The molecule has 0 aromatic carbocycles. The summed E-state index contributed by atoms with van der Waals surface area (Å²) >= 11 is 0. The number of hydrogen-bond acceptors (Lipinski definition) is 5. The summed E-state index contributed by atoms with van der Waals surface area (Å²) in [4.78, 5) is 0. The SMILES string of the molecule is CC(O)CCC(C)O.OCCCCC(O)CO. The Morgan fingerprint density at radius 2 is 1.24 bits per heavy atom. The Balaban J connectivity index is 0. The second kappa shape index (κ2) is 13.9. The molecular formula is C12H28O5. The van der Waals surface area contributed by atoms with Crippen LogP contribution in [0, 0.1) is 0 Å². The molecule has 0 spiro atoms. The molecule has 0 saturated heterocycles. The Labute approximate surface area is 104 Å². The number of aliphatic hydroxyl groups excluding tert-OH is 5. The van der Waals surface area contributed by atoms with Gasteiger partial charge in [-0.2, -0.15) is 0 Å². The van der Waals surface area contributed by atoms with E-state index < -0.39 is 6.10 Å². The van der Waals surface area contributed by atoms with Gasteiger partial charge >= 0.3 is 0 Å². The van der Waals surface area contributed by atoms with Crippen molar-refractivity contribution in [3.8, 4) is 0 Å². The highest BCUT2D eigenvalue weighted by Gasteiger charge is 1.99. The molecule has 17 heavy (non-hydrogen) atoms. The van der Waals surface area contributed by atoms with Gasteiger partial charge in [0.05, 0.1) is 24.9 Å². The molecule has 0 aromatic heterocycles. The topological polar surface area (TPSA) is 101 Å². The Morgan fingerprint density at radius 1 is 0.765 bits per heavy atom. The van der Waals surface area contributed by atoms with Crippen molar-refractivity contribution in [3.63, 3.8) is 0 Å². The van der Waals surface area contributed by atoms with E-state index in [-0.39, 0.29) is 25.4 Å². The van der Waals surface area contributed by atoms with Gasteiger partial charge in [0.15, 0.2) is 0 Å². The van der Waals surface area contributed by atoms with E-state index in [1.165, 1.54) is 0 Å². The standard InChI is InChI=1S/C6H14O3.C6H14O2/c7-4-2-1-3-6(9)5-8;1-5(7)3-4-6(2)8/h6-9H,1-5H2;5-8H,3-4H2,1-2H3. The van der Waals surface area contributed by atoms with Gasteiger partial charge in [-0.25, -0.2) is 0 Å². The first-order chi connectivity index (χ1) is 7.93. The van der Waals surface area contributed by atoms with Gasteiger partial charge in [-0.1, -0.05) is 0 Å². The fourth-order valence-corrected chi connectivity index (χ4v) is 1.07. The normalized spacial score (nSPS) is 15.7. The summed E-state index contributed by atoms with van der Waals surface area (Å²) in [5.74, 6) is 0. The molecular weight excluding hydrogens is 224 g/mol. The highest BCUT2D eigenvalue weighted by molar-refractivity contribution is 4.52. The first-order valence-corrected chi connectivity index (χ1v) is 6.19. The molecule has 0 aliphatic heterocycles. The molecule has 0 aliphatic rings. The summed E-state index contributed by atoms with van der Waals surface area (Å²) in [6.07, 6.45) is 2.30. The number of hydrogen-bond donors (Lipinski definition) is 5. The average Bonchev–Trinajstić information content (AvgIpc) is 2.27. The molecule has 0 amide bonds. The monoisotopic (exact) mass is 252 g/mol. The zero-order chi connectivity index (χ0) is 13.7. The lowest BCUT2D eigenvalue weighted by Gasteiger charge is -2.04. The molecule has 0 fully saturated rings. The molecule has 0 aliphatic carbocycles. The van der Waals surface area contributed by atoms with E-state index in [4.69, 9.17) is 25.5 Å². The highest BCUT2D eigenvalue weighted by Crippen LogP contribution is 1.99. The van der Waals surface area contributed by atoms with E-state index in [0.717, 1.165) is 6.42 Å². The van der Waals surface area contributed by atoms with E-state index in [0.29, 0.717) is 25.7 Å². The first kappa shape index (κ1) is 19.1. The van der Waals surface area contributed by atoms with Crippen LogP contribution in [-0.2, 0) is 0 Å². The van der Waals surface area contributed by atoms with Gasteiger partial charge in [0.1, 0.15) is 0 Å². The van der Waals surface area contributed by atoms with Crippen LogP contribution in [0.25, 0.3) is 0 Å². The molecule has 0 radical (unpaired) electrons. The Hall–Kier alpha value is -0.200. The molecule has 5 heteroatoms. The molecule has 106 valence electrons. The van der Waals surface area contributed by atoms with Crippen molar-refractivity contribution >= 4 is 0 Å². The average molecular weight is 252 g/mol. The van der Waals surface area contributed by atoms with E-state index in [1.54, 1.807) is 13.8 Å². The van der Waals surface area contributed by atoms with E-state index >= 15 is 0 Å². The third kappa shape index (κ3) is 21.6. The van der Waals surface area contributed by atoms with Crippen LogP contribution in [0.3, 0.4) is 0 Å². The lowest BCUT2D eigenvalue weighted by Crippen LogP contribution is -2.11. The minimum atomic E-state index is -0.600. The molecule has 0 bridgehead atoms. The predicted octanol–water partition coefficient (Wildman–Crippen LogP) is 0.0304. The van der Waals surface area contributed by atoms with Gasteiger partial charge in [0, 0.05) is 6.61 Å². The lowest BCUT2D eigenvalue weighted by atomic mass is 10.1. The van der Waals surface area contributed by atoms with Crippen LogP contribution in [0.1, 0.15) is 46.0 Å². The van der Waals surface area contributed by atoms with Crippen molar-refractivity contribution in [2.24, 2.45) is 0 Å². The molecule has 0 rings (SSSR count). The van der Waals surface area contributed by atoms with Crippen molar-refractivity contribution in [2.45, 2.75) is 64.3 Å². The summed E-state index contributed by atoms with van der Waals surface area (Å²) in [6.45, 7) is 3.44. The van der Waals surface area contributed by atoms with Crippen LogP contribution < -0.4 is 0 Å². The molecule has 5 N–H and O–H groups in total. The third-order valence-electron chi connectivity index (χ3n) is 2.16. The van der Waals surface area contributed by atoms with Crippen LogP contribution in [0.2, 0.25) is 0 Å². The number of rotatable bonds is 8. The van der Waals surface area contributed by atoms with E-state index in [9.17, 15) is 0 Å². The zero-order valence-corrected chi connectivity index (χ0v) is 10.9. The van der Waals surface area contributed by atoms with Crippen LogP contribution in [0.15, 0.2) is 0 Å². The van der Waals surface area contributed by atoms with Gasteiger partial charge in [-0.15, -0.1) is 0 Å². The fourth-order valence-electron chi connectivity index (χ4n) is 1.07. The van der Waals surface area contributed by atoms with Crippen molar-refractivity contribution in [2.75, 3.05) is 13.2 Å². The predicted molar refractivity (Wildman–Crippen MR) is 66.6 cm³/mol. The van der Waals surface area contributed by atoms with Crippen LogP contribution in [-0.4, -0.2) is 57.1 Å². The van der Waals surface area contributed by atoms with Gasteiger partial charge in [-0.05, 0) is 46.0 Å². The van der Waals surface area contributed by atoms with Crippen molar-refractivity contribution in [1.82, 2.24) is 0 Å². The number of aliphatic hydroxyl groups is 5. The van der Waals surface area contributed by atoms with Gasteiger partial charge in [0.25, 0.3) is 0 Å². The second-order valence-electron chi connectivity index (χ2n) is 4.33. The van der Waals surface area contributed by atoms with E-state index in [2.05, 4.69) is 0 Å². The summed E-state index contributed by atoms with van der Waals surface area (Å²) in [5, 5.41) is 42.8. The maximum atomic E-state index is 8.75. The van der Waals surface area contributed by atoms with Gasteiger partial charge < -0.3 is 25.5 Å². The van der Waals surface area contributed by atoms with Crippen LogP contribution in [0.4, 0.5) is 0 Å². The second-order valence-corrected chi connectivity index (χ2v) is 4.33. The summed E-state index contributed by atoms with van der Waals surface area (Å²) in [7, 11) is 0. The lowest BCUT2D eigenvalue weighted by molar-refractivity contribution is 0.0848. The Kier molecular flexibility index (Phi) is 15.6. The fraction of sp³-hybridized carbons (Fsp3) is 1.00. The largest absolute Gasteiger partial charge is 0.396 e. The van der Waals surface area contributed by atoms with Gasteiger partial charge in [0.2, 0.25) is 0 Å².